The number of rotatable bonds is 7. The first kappa shape index (κ1) is 13.7. The van der Waals surface area contributed by atoms with Gasteiger partial charge in [-0.3, -0.25) is 4.79 Å². The van der Waals surface area contributed by atoms with Crippen molar-refractivity contribution >= 4 is 11.7 Å². The minimum atomic E-state index is -0.150. The van der Waals surface area contributed by atoms with Crippen LogP contribution >= 0.6 is 0 Å². The van der Waals surface area contributed by atoms with E-state index >= 15 is 0 Å². The first-order chi connectivity index (χ1) is 7.06. The zero-order chi connectivity index (χ0) is 11.7. The molecule has 6 nitrogen and oxygen atoms in total. The second-order valence-corrected chi connectivity index (χ2v) is 3.40. The molecule has 4 N–H and O–H groups in total. The van der Waals surface area contributed by atoms with Crippen LogP contribution in [0.2, 0.25) is 0 Å². The van der Waals surface area contributed by atoms with Crippen molar-refractivity contribution in [3.05, 3.63) is 0 Å². The van der Waals surface area contributed by atoms with Gasteiger partial charge in [-0.1, -0.05) is 5.16 Å². The van der Waals surface area contributed by atoms with Gasteiger partial charge in [0.2, 0.25) is 5.91 Å². The van der Waals surface area contributed by atoms with Crippen molar-refractivity contribution in [1.29, 1.82) is 0 Å². The maximum atomic E-state index is 11.1. The molecule has 0 saturated carbocycles. The van der Waals surface area contributed by atoms with E-state index in [1.54, 1.807) is 0 Å². The zero-order valence-corrected chi connectivity index (χ0v) is 9.19. The number of carbonyl (C=O) groups excluding carboxylic acids is 1. The number of nitrogens with two attached hydrogens (primary N) is 1. The lowest BCUT2D eigenvalue weighted by Crippen LogP contribution is -2.30. The lowest BCUT2D eigenvalue weighted by Gasteiger charge is -2.07. The first-order valence-electron chi connectivity index (χ1n) is 4.91. The Morgan fingerprint density at radius 1 is 1.60 bits per heavy atom. The molecule has 88 valence electrons. The van der Waals surface area contributed by atoms with Crippen molar-refractivity contribution in [3.8, 4) is 0 Å². The quantitative estimate of drug-likeness (QED) is 0.184. The molecule has 0 radical (unpaired) electrons. The standard InChI is InChI=1S/C9H19N3O3/c1-7(2)15-6-9(13)11-5-3-4-8(10)12-14/h7,14H,3-6H2,1-2H3,(H2,10,12)(H,11,13). The van der Waals surface area contributed by atoms with Gasteiger partial charge in [0.25, 0.3) is 0 Å². The van der Waals surface area contributed by atoms with Crippen molar-refractivity contribution in [2.45, 2.75) is 32.8 Å². The molecule has 0 fully saturated rings. The molecule has 15 heavy (non-hydrogen) atoms. The molecule has 0 rings (SSSR count). The van der Waals surface area contributed by atoms with E-state index in [1.807, 2.05) is 13.8 Å². The smallest absolute Gasteiger partial charge is 0.246 e. The van der Waals surface area contributed by atoms with Gasteiger partial charge in [-0.15, -0.1) is 0 Å². The molecule has 1 amide bonds. The lowest BCUT2D eigenvalue weighted by atomic mass is 10.3. The summed E-state index contributed by atoms with van der Waals surface area (Å²) in [4.78, 5) is 11.1. The summed E-state index contributed by atoms with van der Waals surface area (Å²) in [7, 11) is 0. The Hall–Kier alpha value is -1.30. The summed E-state index contributed by atoms with van der Waals surface area (Å²) in [6, 6.07) is 0. The SMILES string of the molecule is CC(C)OCC(=O)NCCCC(N)=NO. The van der Waals surface area contributed by atoms with Gasteiger partial charge < -0.3 is 21.0 Å². The molecule has 0 aromatic carbocycles. The molecule has 0 aliphatic rings. The second kappa shape index (κ2) is 8.05. The Bertz CT molecular complexity index is 217. The topological polar surface area (TPSA) is 96.9 Å². The van der Waals surface area contributed by atoms with Crippen LogP contribution in [0.1, 0.15) is 26.7 Å². The highest BCUT2D eigenvalue weighted by atomic mass is 16.5. The maximum absolute atomic E-state index is 11.1. The normalized spacial score (nSPS) is 11.8. The van der Waals surface area contributed by atoms with E-state index in [0.717, 1.165) is 0 Å². The minimum Gasteiger partial charge on any atom is -0.409 e. The Morgan fingerprint density at radius 2 is 2.27 bits per heavy atom. The summed E-state index contributed by atoms with van der Waals surface area (Å²) in [5.74, 6) is 0.0193. The van der Waals surface area contributed by atoms with Crippen molar-refractivity contribution in [3.63, 3.8) is 0 Å². The van der Waals surface area contributed by atoms with Crippen LogP contribution < -0.4 is 11.1 Å². The Kier molecular flexibility index (Phi) is 7.35. The van der Waals surface area contributed by atoms with Crippen molar-refractivity contribution in [1.82, 2.24) is 5.32 Å². The van der Waals surface area contributed by atoms with Gasteiger partial charge in [-0.25, -0.2) is 0 Å². The molecule has 0 heterocycles. The number of nitrogens with zero attached hydrogens (tertiary/aromatic N) is 1. The molecule has 0 spiro atoms. The van der Waals surface area contributed by atoms with Crippen LogP contribution in [0.3, 0.4) is 0 Å². The fourth-order valence-electron chi connectivity index (χ4n) is 0.841. The number of hydrogen-bond donors (Lipinski definition) is 3. The Balaban J connectivity index is 3.39. The van der Waals surface area contributed by atoms with Crippen LogP contribution in [0.15, 0.2) is 5.16 Å². The number of nitrogens with one attached hydrogen (secondary N) is 1. The van der Waals surface area contributed by atoms with E-state index in [0.29, 0.717) is 19.4 Å². The molecular formula is C9H19N3O3. The van der Waals surface area contributed by atoms with Gasteiger partial charge in [0.05, 0.1) is 6.10 Å². The predicted molar refractivity (Wildman–Crippen MR) is 56.7 cm³/mol. The highest BCUT2D eigenvalue weighted by Gasteiger charge is 2.02. The number of amidine groups is 1. The van der Waals surface area contributed by atoms with Crippen molar-refractivity contribution < 1.29 is 14.7 Å². The molecular weight excluding hydrogens is 198 g/mol. The number of carbonyl (C=O) groups is 1. The molecule has 0 aromatic heterocycles. The average Bonchev–Trinajstić information content (AvgIpc) is 2.21. The van der Waals surface area contributed by atoms with Gasteiger partial charge in [0.15, 0.2) is 0 Å². The van der Waals surface area contributed by atoms with Crippen LogP contribution in [0.5, 0.6) is 0 Å². The van der Waals surface area contributed by atoms with E-state index in [2.05, 4.69) is 10.5 Å². The third-order valence-corrected chi connectivity index (χ3v) is 1.61. The third kappa shape index (κ3) is 9.01. The monoisotopic (exact) mass is 217 g/mol. The van der Waals surface area contributed by atoms with Gasteiger partial charge in [0, 0.05) is 13.0 Å². The van der Waals surface area contributed by atoms with Gasteiger partial charge in [0.1, 0.15) is 12.4 Å². The minimum absolute atomic E-state index is 0.0490. The van der Waals surface area contributed by atoms with E-state index in [9.17, 15) is 4.79 Å². The summed E-state index contributed by atoms with van der Waals surface area (Å²) in [6.45, 7) is 4.30. The lowest BCUT2D eigenvalue weighted by molar-refractivity contribution is -0.127. The third-order valence-electron chi connectivity index (χ3n) is 1.61. The highest BCUT2D eigenvalue weighted by molar-refractivity contribution is 5.79. The van der Waals surface area contributed by atoms with Crippen molar-refractivity contribution in [2.75, 3.05) is 13.2 Å². The fraction of sp³-hybridized carbons (Fsp3) is 0.778. The maximum Gasteiger partial charge on any atom is 0.246 e. The fourth-order valence-corrected chi connectivity index (χ4v) is 0.841. The Labute approximate surface area is 89.5 Å². The molecule has 0 aliphatic carbocycles. The summed E-state index contributed by atoms with van der Waals surface area (Å²) < 4.78 is 5.10. The number of hydrogen-bond acceptors (Lipinski definition) is 4. The molecule has 0 atom stereocenters. The number of oxime groups is 1. The largest absolute Gasteiger partial charge is 0.409 e. The summed E-state index contributed by atoms with van der Waals surface area (Å²) >= 11 is 0. The van der Waals surface area contributed by atoms with E-state index in [1.165, 1.54) is 0 Å². The predicted octanol–water partition coefficient (Wildman–Crippen LogP) is 0.0542. The van der Waals surface area contributed by atoms with Crippen molar-refractivity contribution in [2.24, 2.45) is 10.9 Å². The van der Waals surface area contributed by atoms with E-state index in [4.69, 9.17) is 15.7 Å². The second-order valence-electron chi connectivity index (χ2n) is 3.40. The highest BCUT2D eigenvalue weighted by Crippen LogP contribution is 1.88. The van der Waals surface area contributed by atoms with Crippen LogP contribution in [-0.2, 0) is 9.53 Å². The van der Waals surface area contributed by atoms with Crippen LogP contribution in [0, 0.1) is 0 Å². The number of amides is 1. The molecule has 0 bridgehead atoms. The first-order valence-corrected chi connectivity index (χ1v) is 4.91. The molecule has 0 saturated heterocycles. The Morgan fingerprint density at radius 3 is 2.80 bits per heavy atom. The van der Waals surface area contributed by atoms with Crippen LogP contribution in [0.25, 0.3) is 0 Å². The molecule has 0 aliphatic heterocycles. The summed E-state index contributed by atoms with van der Waals surface area (Å²) in [5, 5.41) is 13.7. The summed E-state index contributed by atoms with van der Waals surface area (Å²) in [5.41, 5.74) is 5.25. The number of ether oxygens (including phenoxy) is 1. The average molecular weight is 217 g/mol. The van der Waals surface area contributed by atoms with E-state index in [-0.39, 0.29) is 24.5 Å². The zero-order valence-electron chi connectivity index (χ0n) is 9.19. The van der Waals surface area contributed by atoms with E-state index < -0.39 is 0 Å². The molecule has 6 heteroatoms. The van der Waals surface area contributed by atoms with Crippen LogP contribution in [0.4, 0.5) is 0 Å². The van der Waals surface area contributed by atoms with Gasteiger partial charge in [-0.05, 0) is 20.3 Å². The molecule has 0 unspecified atom stereocenters. The van der Waals surface area contributed by atoms with Crippen LogP contribution in [-0.4, -0.2) is 36.2 Å². The summed E-state index contributed by atoms with van der Waals surface area (Å²) in [6.07, 6.45) is 1.15. The van der Waals surface area contributed by atoms with Gasteiger partial charge in [-0.2, -0.15) is 0 Å². The molecule has 0 aromatic rings. The van der Waals surface area contributed by atoms with Gasteiger partial charge >= 0.3 is 0 Å².